The molecule has 2 rings (SSSR count). The first-order valence-corrected chi connectivity index (χ1v) is 5.01. The summed E-state index contributed by atoms with van der Waals surface area (Å²) >= 11 is 0. The topological polar surface area (TPSA) is 62.5 Å². The minimum Gasteiger partial charge on any atom is -0.394 e. The van der Waals surface area contributed by atoms with Crippen molar-refractivity contribution in [2.45, 2.75) is 19.4 Å². The number of anilines is 1. The third-order valence-corrected chi connectivity index (χ3v) is 2.38. The zero-order valence-corrected chi connectivity index (χ0v) is 8.59. The normalized spacial score (nSPS) is 12.9. The van der Waals surface area contributed by atoms with E-state index in [1.807, 2.05) is 13.0 Å². The molecule has 0 saturated heterocycles. The number of aliphatic hydroxyl groups is 1. The third-order valence-electron chi connectivity index (χ3n) is 2.38. The molecule has 0 spiro atoms. The van der Waals surface area contributed by atoms with E-state index in [1.54, 1.807) is 23.1 Å². The van der Waals surface area contributed by atoms with Gasteiger partial charge in [0, 0.05) is 12.4 Å². The second-order valence-electron chi connectivity index (χ2n) is 3.37. The highest BCUT2D eigenvalue weighted by Gasteiger charge is 2.08. The Hall–Kier alpha value is -1.62. The Morgan fingerprint density at radius 1 is 1.53 bits per heavy atom. The molecule has 5 nitrogen and oxygen atoms in total. The molecular weight excluding hydrogens is 192 g/mol. The molecule has 0 aliphatic heterocycles. The number of rotatable bonds is 4. The smallest absolute Gasteiger partial charge is 0.152 e. The second-order valence-corrected chi connectivity index (χ2v) is 3.37. The summed E-state index contributed by atoms with van der Waals surface area (Å²) in [5.74, 6) is 0.760. The van der Waals surface area contributed by atoms with Gasteiger partial charge >= 0.3 is 0 Å². The first-order valence-electron chi connectivity index (χ1n) is 5.01. The van der Waals surface area contributed by atoms with Gasteiger partial charge in [-0.25, -0.2) is 9.50 Å². The van der Waals surface area contributed by atoms with E-state index in [0.29, 0.717) is 0 Å². The Bertz CT molecular complexity index is 436. The van der Waals surface area contributed by atoms with E-state index in [0.717, 1.165) is 17.8 Å². The summed E-state index contributed by atoms with van der Waals surface area (Å²) in [7, 11) is 0. The fourth-order valence-electron chi connectivity index (χ4n) is 1.44. The third kappa shape index (κ3) is 1.92. The molecular formula is C10H14N4O. The number of aromatic nitrogens is 3. The van der Waals surface area contributed by atoms with Gasteiger partial charge in [0.2, 0.25) is 0 Å². The first-order chi connectivity index (χ1) is 7.35. The zero-order valence-electron chi connectivity index (χ0n) is 8.59. The van der Waals surface area contributed by atoms with Gasteiger partial charge in [0.05, 0.1) is 18.8 Å². The van der Waals surface area contributed by atoms with Crippen molar-refractivity contribution in [2.75, 3.05) is 11.9 Å². The van der Waals surface area contributed by atoms with Gasteiger partial charge in [-0.2, -0.15) is 5.10 Å². The van der Waals surface area contributed by atoms with Crippen LogP contribution < -0.4 is 5.32 Å². The summed E-state index contributed by atoms with van der Waals surface area (Å²) < 4.78 is 1.75. The Morgan fingerprint density at radius 2 is 2.40 bits per heavy atom. The van der Waals surface area contributed by atoms with Crippen molar-refractivity contribution in [1.29, 1.82) is 0 Å². The molecule has 2 aromatic rings. The molecule has 1 unspecified atom stereocenters. The Balaban J connectivity index is 2.30. The monoisotopic (exact) mass is 206 g/mol. The molecule has 2 N–H and O–H groups in total. The van der Waals surface area contributed by atoms with Gasteiger partial charge in [-0.15, -0.1) is 0 Å². The maximum absolute atomic E-state index is 9.10. The second kappa shape index (κ2) is 4.27. The average molecular weight is 206 g/mol. The number of hydrogen-bond donors (Lipinski definition) is 2. The van der Waals surface area contributed by atoms with E-state index in [-0.39, 0.29) is 12.6 Å². The first kappa shape index (κ1) is 9.92. The van der Waals surface area contributed by atoms with E-state index >= 15 is 0 Å². The van der Waals surface area contributed by atoms with Crippen LogP contribution in [-0.4, -0.2) is 32.4 Å². The molecule has 0 bridgehead atoms. The van der Waals surface area contributed by atoms with E-state index in [2.05, 4.69) is 15.4 Å². The Labute approximate surface area is 87.8 Å². The molecule has 80 valence electrons. The predicted molar refractivity (Wildman–Crippen MR) is 57.8 cm³/mol. The van der Waals surface area contributed by atoms with Gasteiger partial charge in [-0.05, 0) is 12.5 Å². The maximum atomic E-state index is 9.10. The molecule has 2 aromatic heterocycles. The van der Waals surface area contributed by atoms with Crippen molar-refractivity contribution < 1.29 is 5.11 Å². The van der Waals surface area contributed by atoms with E-state index < -0.39 is 0 Å². The number of hydrogen-bond acceptors (Lipinski definition) is 4. The molecule has 0 aliphatic carbocycles. The lowest BCUT2D eigenvalue weighted by Crippen LogP contribution is -2.23. The average Bonchev–Trinajstić information content (AvgIpc) is 2.74. The minimum atomic E-state index is 0.0404. The van der Waals surface area contributed by atoms with Crippen molar-refractivity contribution in [3.05, 3.63) is 24.7 Å². The summed E-state index contributed by atoms with van der Waals surface area (Å²) in [6.45, 7) is 2.12. The fourth-order valence-corrected chi connectivity index (χ4v) is 1.44. The fraction of sp³-hybridized carbons (Fsp3) is 0.400. The standard InChI is InChI=1S/C10H14N4O/c1-2-8(7-15)13-10-9-3-4-12-14(9)6-5-11-10/h3-6,8,15H,2,7H2,1H3,(H,11,13). The van der Waals surface area contributed by atoms with Crippen molar-refractivity contribution in [2.24, 2.45) is 0 Å². The van der Waals surface area contributed by atoms with Crippen molar-refractivity contribution in [3.63, 3.8) is 0 Å². The summed E-state index contributed by atoms with van der Waals surface area (Å²) in [4.78, 5) is 4.23. The van der Waals surface area contributed by atoms with Crippen LogP contribution in [0.4, 0.5) is 5.82 Å². The molecule has 0 aromatic carbocycles. The lowest BCUT2D eigenvalue weighted by molar-refractivity contribution is 0.271. The number of aliphatic hydroxyl groups excluding tert-OH is 1. The van der Waals surface area contributed by atoms with Crippen molar-refractivity contribution in [3.8, 4) is 0 Å². The van der Waals surface area contributed by atoms with Crippen LogP contribution in [0.25, 0.3) is 5.52 Å². The van der Waals surface area contributed by atoms with Crippen LogP contribution in [0.15, 0.2) is 24.7 Å². The van der Waals surface area contributed by atoms with Crippen LogP contribution in [0.2, 0.25) is 0 Å². The van der Waals surface area contributed by atoms with Gasteiger partial charge in [0.25, 0.3) is 0 Å². The summed E-state index contributed by atoms with van der Waals surface area (Å²) in [6.07, 6.45) is 6.06. The molecule has 0 fully saturated rings. The van der Waals surface area contributed by atoms with Crippen LogP contribution in [0, 0.1) is 0 Å². The van der Waals surface area contributed by atoms with Crippen molar-refractivity contribution >= 4 is 11.3 Å². The largest absolute Gasteiger partial charge is 0.394 e. The summed E-state index contributed by atoms with van der Waals surface area (Å²) in [6, 6.07) is 1.93. The van der Waals surface area contributed by atoms with E-state index in [9.17, 15) is 0 Å². The molecule has 0 radical (unpaired) electrons. The van der Waals surface area contributed by atoms with Crippen LogP contribution in [-0.2, 0) is 0 Å². The minimum absolute atomic E-state index is 0.0404. The number of nitrogens with zero attached hydrogens (tertiary/aromatic N) is 3. The predicted octanol–water partition coefficient (Wildman–Crippen LogP) is 0.912. The Kier molecular flexibility index (Phi) is 2.82. The summed E-state index contributed by atoms with van der Waals surface area (Å²) in [5.41, 5.74) is 0.921. The highest BCUT2D eigenvalue weighted by Crippen LogP contribution is 2.13. The number of fused-ring (bicyclic) bond motifs is 1. The van der Waals surface area contributed by atoms with Crippen LogP contribution in [0.3, 0.4) is 0 Å². The quantitative estimate of drug-likeness (QED) is 0.780. The van der Waals surface area contributed by atoms with Crippen LogP contribution in [0.5, 0.6) is 0 Å². The van der Waals surface area contributed by atoms with E-state index in [1.165, 1.54) is 0 Å². The zero-order chi connectivity index (χ0) is 10.7. The van der Waals surface area contributed by atoms with E-state index in [4.69, 9.17) is 5.11 Å². The van der Waals surface area contributed by atoms with Gasteiger partial charge in [0.15, 0.2) is 5.82 Å². The van der Waals surface area contributed by atoms with Crippen LogP contribution in [0.1, 0.15) is 13.3 Å². The number of nitrogens with one attached hydrogen (secondary N) is 1. The van der Waals surface area contributed by atoms with Gasteiger partial charge in [-0.3, -0.25) is 0 Å². The molecule has 2 heterocycles. The highest BCUT2D eigenvalue weighted by atomic mass is 16.3. The van der Waals surface area contributed by atoms with Gasteiger partial charge in [0.1, 0.15) is 5.52 Å². The maximum Gasteiger partial charge on any atom is 0.152 e. The molecule has 0 amide bonds. The van der Waals surface area contributed by atoms with Gasteiger partial charge < -0.3 is 10.4 Å². The van der Waals surface area contributed by atoms with Gasteiger partial charge in [-0.1, -0.05) is 6.92 Å². The summed E-state index contributed by atoms with van der Waals surface area (Å²) in [5, 5.41) is 16.4. The lowest BCUT2D eigenvalue weighted by Gasteiger charge is -2.14. The van der Waals surface area contributed by atoms with Crippen LogP contribution >= 0.6 is 0 Å². The Morgan fingerprint density at radius 3 is 3.13 bits per heavy atom. The molecule has 15 heavy (non-hydrogen) atoms. The molecule has 0 saturated carbocycles. The molecule has 5 heteroatoms. The highest BCUT2D eigenvalue weighted by molar-refractivity contribution is 5.67. The SMILES string of the molecule is CCC(CO)Nc1nccn2nccc12. The van der Waals surface area contributed by atoms with Crippen molar-refractivity contribution in [1.82, 2.24) is 14.6 Å². The molecule has 1 atom stereocenters. The molecule has 0 aliphatic rings. The lowest BCUT2D eigenvalue weighted by atomic mass is 10.2.